The number of nitrogens with one attached hydrogen (secondary N) is 2. The lowest BCUT2D eigenvalue weighted by molar-refractivity contribution is -0.384. The molecule has 9 nitrogen and oxygen atoms in total. The summed E-state index contributed by atoms with van der Waals surface area (Å²) in [7, 11) is 3.23. The summed E-state index contributed by atoms with van der Waals surface area (Å²) in [5.41, 5.74) is 2.47. The highest BCUT2D eigenvalue weighted by molar-refractivity contribution is 5.96. The fraction of sp³-hybridized carbons (Fsp3) is 0.533. The zero-order valence-electron chi connectivity index (χ0n) is 25.5. The summed E-state index contributed by atoms with van der Waals surface area (Å²) < 4.78 is 5.23. The van der Waals surface area contributed by atoms with E-state index in [1.54, 1.807) is 25.2 Å². The molecule has 2 aromatic rings. The van der Waals surface area contributed by atoms with Gasteiger partial charge in [-0.1, -0.05) is 55.4 Å². The van der Waals surface area contributed by atoms with Crippen LogP contribution in [0.1, 0.15) is 78.6 Å². The van der Waals surface area contributed by atoms with Gasteiger partial charge in [-0.3, -0.25) is 14.9 Å². The molecule has 0 atom stereocenters. The van der Waals surface area contributed by atoms with Crippen molar-refractivity contribution >= 4 is 35.0 Å². The van der Waals surface area contributed by atoms with E-state index in [1.165, 1.54) is 25.6 Å². The highest BCUT2D eigenvalue weighted by Crippen LogP contribution is 2.30. The monoisotopic (exact) mass is 543 g/mol. The highest BCUT2D eigenvalue weighted by Gasteiger charge is 2.18. The van der Waals surface area contributed by atoms with Crippen LogP contribution < -0.4 is 15.4 Å². The van der Waals surface area contributed by atoms with Crippen molar-refractivity contribution < 1.29 is 14.5 Å². The zero-order valence-corrected chi connectivity index (χ0v) is 25.5. The SMILES string of the molecule is CC.CC.CNc1cc(C(=O)N(CCC(C)C)CCC(C)C)ccc1N=CNc1ccc([N+](=O)[O-])cc1OC. The summed E-state index contributed by atoms with van der Waals surface area (Å²) in [6, 6.07) is 9.71. The second-order valence-corrected chi connectivity index (χ2v) is 9.18. The quantitative estimate of drug-likeness (QED) is 0.115. The van der Waals surface area contributed by atoms with Gasteiger partial charge in [0.2, 0.25) is 0 Å². The number of nitro benzene ring substituents is 1. The Morgan fingerprint density at radius 1 is 1.00 bits per heavy atom. The maximum Gasteiger partial charge on any atom is 0.273 e. The Bertz CT molecular complexity index is 1030. The van der Waals surface area contributed by atoms with Gasteiger partial charge in [0.15, 0.2) is 0 Å². The average molecular weight is 544 g/mol. The molecule has 0 saturated carbocycles. The van der Waals surface area contributed by atoms with Crippen LogP contribution in [0, 0.1) is 22.0 Å². The number of benzene rings is 2. The van der Waals surface area contributed by atoms with Crippen molar-refractivity contribution in [3.8, 4) is 5.75 Å². The molecule has 39 heavy (non-hydrogen) atoms. The first-order chi connectivity index (χ1) is 18.7. The minimum Gasteiger partial charge on any atom is -0.494 e. The van der Waals surface area contributed by atoms with Crippen LogP contribution in [-0.2, 0) is 0 Å². The van der Waals surface area contributed by atoms with Gasteiger partial charge in [0.25, 0.3) is 11.6 Å². The summed E-state index contributed by atoms with van der Waals surface area (Å²) >= 11 is 0. The van der Waals surface area contributed by atoms with Crippen molar-refractivity contribution in [2.75, 3.05) is 37.9 Å². The molecule has 0 heterocycles. The van der Waals surface area contributed by atoms with E-state index in [4.69, 9.17) is 4.74 Å². The van der Waals surface area contributed by atoms with E-state index in [0.29, 0.717) is 34.5 Å². The maximum absolute atomic E-state index is 13.3. The molecule has 2 N–H and O–H groups in total. The highest BCUT2D eigenvalue weighted by atomic mass is 16.6. The second kappa shape index (κ2) is 19.4. The lowest BCUT2D eigenvalue weighted by atomic mass is 10.1. The standard InChI is InChI=1S/C26H37N5O4.2C2H6/c1-18(2)11-13-30(14-12-19(3)4)26(32)20-7-9-22(24(15-20)27-5)28-17-29-23-10-8-21(31(33)34)16-25(23)35-6;2*1-2/h7-10,15-19,27H,11-14H2,1-6H3,(H,28,29);2*1-2H3. The Balaban J connectivity index is 0.00000344. The molecule has 1 amide bonds. The van der Waals surface area contributed by atoms with E-state index in [9.17, 15) is 14.9 Å². The zero-order chi connectivity index (χ0) is 30.0. The van der Waals surface area contributed by atoms with Crippen molar-refractivity contribution in [3.05, 3.63) is 52.1 Å². The molecule has 2 rings (SSSR count). The van der Waals surface area contributed by atoms with E-state index in [1.807, 2.05) is 38.7 Å². The number of nitrogens with zero attached hydrogens (tertiary/aromatic N) is 3. The summed E-state index contributed by atoms with van der Waals surface area (Å²) in [6.45, 7) is 18.1. The summed E-state index contributed by atoms with van der Waals surface area (Å²) in [5.74, 6) is 1.40. The van der Waals surface area contributed by atoms with Crippen LogP contribution in [0.5, 0.6) is 5.75 Å². The average Bonchev–Trinajstić information content (AvgIpc) is 2.94. The van der Waals surface area contributed by atoms with Gasteiger partial charge < -0.3 is 20.3 Å². The molecular formula is C30H49N5O4. The minimum absolute atomic E-state index is 0.0204. The van der Waals surface area contributed by atoms with Crippen LogP contribution in [0.4, 0.5) is 22.7 Å². The van der Waals surface area contributed by atoms with Crippen LogP contribution in [0.15, 0.2) is 41.4 Å². The van der Waals surface area contributed by atoms with Gasteiger partial charge in [-0.2, -0.15) is 0 Å². The first-order valence-electron chi connectivity index (χ1n) is 13.9. The van der Waals surface area contributed by atoms with E-state index in [0.717, 1.165) is 31.6 Å². The Morgan fingerprint density at radius 3 is 2.08 bits per heavy atom. The number of carbonyl (C=O) groups is 1. The van der Waals surface area contributed by atoms with Gasteiger partial charge in [0, 0.05) is 31.8 Å². The summed E-state index contributed by atoms with van der Waals surface area (Å²) in [5, 5.41) is 17.1. The van der Waals surface area contributed by atoms with Gasteiger partial charge in [0.05, 0.1) is 41.5 Å². The number of aliphatic imine (C=N–C) groups is 1. The number of hydrogen-bond donors (Lipinski definition) is 2. The molecule has 0 spiro atoms. The van der Waals surface area contributed by atoms with Crippen molar-refractivity contribution in [2.24, 2.45) is 16.8 Å². The molecule has 0 aromatic heterocycles. The lowest BCUT2D eigenvalue weighted by Crippen LogP contribution is -2.34. The van der Waals surface area contributed by atoms with Gasteiger partial charge in [-0.05, 0) is 48.9 Å². The van der Waals surface area contributed by atoms with E-state index in [2.05, 4.69) is 43.3 Å². The van der Waals surface area contributed by atoms with Gasteiger partial charge in [-0.25, -0.2) is 4.99 Å². The Kier molecular flexibility index (Phi) is 17.6. The van der Waals surface area contributed by atoms with Gasteiger partial charge >= 0.3 is 0 Å². The molecule has 0 radical (unpaired) electrons. The number of methoxy groups -OCH3 is 1. The topological polar surface area (TPSA) is 109 Å². The van der Waals surface area contributed by atoms with Gasteiger partial charge in [0.1, 0.15) is 5.75 Å². The number of rotatable bonds is 13. The third kappa shape index (κ3) is 12.2. The molecule has 0 aliphatic heterocycles. The smallest absolute Gasteiger partial charge is 0.273 e. The number of hydrogen-bond acceptors (Lipinski definition) is 6. The normalized spacial score (nSPS) is 10.4. The Morgan fingerprint density at radius 2 is 1.59 bits per heavy atom. The number of anilines is 2. The molecule has 9 heteroatoms. The predicted molar refractivity (Wildman–Crippen MR) is 165 cm³/mol. The van der Waals surface area contributed by atoms with Crippen molar-refractivity contribution in [2.45, 2.75) is 68.2 Å². The van der Waals surface area contributed by atoms with Crippen LogP contribution in [0.3, 0.4) is 0 Å². The largest absolute Gasteiger partial charge is 0.494 e. The second-order valence-electron chi connectivity index (χ2n) is 9.18. The fourth-order valence-electron chi connectivity index (χ4n) is 3.39. The summed E-state index contributed by atoms with van der Waals surface area (Å²) in [6.07, 6.45) is 3.41. The fourth-order valence-corrected chi connectivity index (χ4v) is 3.39. The third-order valence-electron chi connectivity index (χ3n) is 5.57. The molecule has 0 fully saturated rings. The molecule has 0 saturated heterocycles. The maximum atomic E-state index is 13.3. The first kappa shape index (κ1) is 35.4. The number of nitro groups is 1. The molecule has 218 valence electrons. The van der Waals surface area contributed by atoms with Crippen molar-refractivity contribution in [1.82, 2.24) is 4.90 Å². The predicted octanol–water partition coefficient (Wildman–Crippen LogP) is 8.00. The van der Waals surface area contributed by atoms with Crippen LogP contribution in [0.2, 0.25) is 0 Å². The minimum atomic E-state index is -0.477. The van der Waals surface area contributed by atoms with Crippen LogP contribution in [0.25, 0.3) is 0 Å². The number of amides is 1. The number of non-ortho nitro benzene ring substituents is 1. The van der Waals surface area contributed by atoms with Crippen molar-refractivity contribution in [1.29, 1.82) is 0 Å². The number of carbonyl (C=O) groups excluding carboxylic acids is 1. The van der Waals surface area contributed by atoms with Crippen LogP contribution in [-0.4, -0.2) is 49.3 Å². The van der Waals surface area contributed by atoms with Gasteiger partial charge in [-0.15, -0.1) is 0 Å². The molecule has 0 bridgehead atoms. The van der Waals surface area contributed by atoms with E-state index in [-0.39, 0.29) is 11.6 Å². The summed E-state index contributed by atoms with van der Waals surface area (Å²) in [4.78, 5) is 30.2. The molecule has 0 aliphatic carbocycles. The molecule has 0 unspecified atom stereocenters. The third-order valence-corrected chi connectivity index (χ3v) is 5.57. The number of ether oxygens (including phenoxy) is 1. The van der Waals surface area contributed by atoms with E-state index < -0.39 is 4.92 Å². The Labute approximate surface area is 235 Å². The Hall–Kier alpha value is -3.62. The van der Waals surface area contributed by atoms with Crippen LogP contribution >= 0.6 is 0 Å². The molecule has 2 aromatic carbocycles. The van der Waals surface area contributed by atoms with Crippen molar-refractivity contribution in [3.63, 3.8) is 0 Å². The van der Waals surface area contributed by atoms with E-state index >= 15 is 0 Å². The first-order valence-corrected chi connectivity index (χ1v) is 13.9. The lowest BCUT2D eigenvalue weighted by Gasteiger charge is -2.25. The molecular weight excluding hydrogens is 494 g/mol. The molecule has 0 aliphatic rings.